The lowest BCUT2D eigenvalue weighted by Gasteiger charge is -1.98. The van der Waals surface area contributed by atoms with Crippen molar-refractivity contribution < 1.29 is 15.0 Å². The molecule has 4 aromatic rings. The lowest BCUT2D eigenvalue weighted by atomic mass is 10.1. The van der Waals surface area contributed by atoms with Gasteiger partial charge in [0, 0.05) is 23.2 Å². The number of nitrogens with zero attached hydrogens (tertiary/aromatic N) is 2. The predicted octanol–water partition coefficient (Wildman–Crippen LogP) is 3.66. The average Bonchev–Trinajstić information content (AvgIpc) is 2.67. The van der Waals surface area contributed by atoms with E-state index >= 15 is 0 Å². The molecule has 4 rings (SSSR count). The fourth-order valence-electron chi connectivity index (χ4n) is 2.43. The molecule has 0 saturated heterocycles. The normalized spacial score (nSPS) is 10.3. The third-order valence-corrected chi connectivity index (χ3v) is 3.70. The summed E-state index contributed by atoms with van der Waals surface area (Å²) in [6, 6.07) is 18.1. The zero-order chi connectivity index (χ0) is 17.6. The van der Waals surface area contributed by atoms with E-state index in [1.54, 1.807) is 36.7 Å². The second-order valence-electron chi connectivity index (χ2n) is 5.40. The molecule has 124 valence electrons. The second kappa shape index (κ2) is 7.51. The molecule has 0 aliphatic heterocycles. The van der Waals surface area contributed by atoms with E-state index in [1.165, 1.54) is 0 Å². The molecule has 0 fully saturated rings. The van der Waals surface area contributed by atoms with Crippen molar-refractivity contribution >= 4 is 27.8 Å². The molecule has 0 unspecified atom stereocenters. The van der Waals surface area contributed by atoms with Crippen LogP contribution in [0.5, 0.6) is 0 Å². The maximum absolute atomic E-state index is 10.6. The summed E-state index contributed by atoms with van der Waals surface area (Å²) in [4.78, 5) is 18.9. The van der Waals surface area contributed by atoms with E-state index in [2.05, 4.69) is 9.97 Å². The number of hydrogen-bond acceptors (Lipinski definition) is 4. The standard InChI is InChI=1S/C10H7NO2.C10H9NO/c12-10(13)8-3-4-9-7(6-8)2-1-5-11-9;12-7-8-3-4-10-9(6-8)2-1-5-11-10/h1-6H,(H,12,13);1-6,12H,7H2. The first-order valence-corrected chi connectivity index (χ1v) is 7.70. The summed E-state index contributed by atoms with van der Waals surface area (Å²) in [5.74, 6) is -0.911. The number of aromatic carboxylic acids is 1. The Hall–Kier alpha value is -3.31. The lowest BCUT2D eigenvalue weighted by Crippen LogP contribution is -1.95. The average molecular weight is 332 g/mol. The van der Waals surface area contributed by atoms with Gasteiger partial charge < -0.3 is 10.2 Å². The van der Waals surface area contributed by atoms with Crippen molar-refractivity contribution in [1.29, 1.82) is 0 Å². The Morgan fingerprint density at radius 1 is 0.840 bits per heavy atom. The van der Waals surface area contributed by atoms with Gasteiger partial charge in [-0.2, -0.15) is 0 Å². The van der Waals surface area contributed by atoms with Gasteiger partial charge in [-0.25, -0.2) is 4.79 Å². The van der Waals surface area contributed by atoms with Gasteiger partial charge in [0.05, 0.1) is 23.2 Å². The Balaban J connectivity index is 0.000000146. The van der Waals surface area contributed by atoms with Gasteiger partial charge in [0.2, 0.25) is 0 Å². The fourth-order valence-corrected chi connectivity index (χ4v) is 2.43. The van der Waals surface area contributed by atoms with Crippen molar-refractivity contribution in [3.63, 3.8) is 0 Å². The van der Waals surface area contributed by atoms with Gasteiger partial charge >= 0.3 is 5.97 Å². The van der Waals surface area contributed by atoms with Gasteiger partial charge in [-0.15, -0.1) is 0 Å². The molecule has 5 nitrogen and oxygen atoms in total. The van der Waals surface area contributed by atoms with Crippen LogP contribution in [0.25, 0.3) is 21.8 Å². The van der Waals surface area contributed by atoms with E-state index in [0.717, 1.165) is 27.4 Å². The van der Waals surface area contributed by atoms with Crippen molar-refractivity contribution in [2.75, 3.05) is 0 Å². The van der Waals surface area contributed by atoms with Crippen LogP contribution < -0.4 is 0 Å². The molecule has 0 atom stereocenters. The molecule has 0 saturated carbocycles. The first-order valence-electron chi connectivity index (χ1n) is 7.70. The largest absolute Gasteiger partial charge is 0.478 e. The van der Waals surface area contributed by atoms with E-state index in [0.29, 0.717) is 5.56 Å². The van der Waals surface area contributed by atoms with E-state index in [1.807, 2.05) is 36.4 Å². The van der Waals surface area contributed by atoms with Crippen LogP contribution in [0.1, 0.15) is 15.9 Å². The summed E-state index contributed by atoms with van der Waals surface area (Å²) in [6.07, 6.45) is 3.45. The highest BCUT2D eigenvalue weighted by Crippen LogP contribution is 2.13. The van der Waals surface area contributed by atoms with Gasteiger partial charge in [-0.3, -0.25) is 9.97 Å². The van der Waals surface area contributed by atoms with Crippen LogP contribution in [0.15, 0.2) is 73.1 Å². The van der Waals surface area contributed by atoms with Gasteiger partial charge in [0.1, 0.15) is 0 Å². The fraction of sp³-hybridized carbons (Fsp3) is 0.0500. The molecule has 0 radical (unpaired) electrons. The summed E-state index contributed by atoms with van der Waals surface area (Å²) in [6.45, 7) is 0.0881. The Bertz CT molecular complexity index is 1030. The number of carboxylic acids is 1. The minimum absolute atomic E-state index is 0.0881. The van der Waals surface area contributed by atoms with Gasteiger partial charge in [-0.1, -0.05) is 18.2 Å². The predicted molar refractivity (Wildman–Crippen MR) is 96.4 cm³/mol. The van der Waals surface area contributed by atoms with Gasteiger partial charge in [0.25, 0.3) is 0 Å². The smallest absolute Gasteiger partial charge is 0.335 e. The van der Waals surface area contributed by atoms with Crippen molar-refractivity contribution in [1.82, 2.24) is 9.97 Å². The van der Waals surface area contributed by atoms with Crippen molar-refractivity contribution in [3.8, 4) is 0 Å². The minimum atomic E-state index is -0.911. The number of fused-ring (bicyclic) bond motifs is 2. The lowest BCUT2D eigenvalue weighted by molar-refractivity contribution is 0.0697. The highest BCUT2D eigenvalue weighted by Gasteiger charge is 2.02. The minimum Gasteiger partial charge on any atom is -0.478 e. The van der Waals surface area contributed by atoms with E-state index in [-0.39, 0.29) is 6.61 Å². The molecule has 2 N–H and O–H groups in total. The molecule has 0 bridgehead atoms. The first-order chi connectivity index (χ1) is 12.2. The number of carboxylic acid groups (broad SMARTS) is 1. The molecule has 2 aromatic heterocycles. The Morgan fingerprint density at radius 2 is 1.44 bits per heavy atom. The molecule has 0 spiro atoms. The van der Waals surface area contributed by atoms with Crippen LogP contribution >= 0.6 is 0 Å². The summed E-state index contributed by atoms with van der Waals surface area (Å²) in [7, 11) is 0. The number of aromatic nitrogens is 2. The number of pyridine rings is 2. The van der Waals surface area contributed by atoms with E-state index in [9.17, 15) is 4.79 Å². The summed E-state index contributed by atoms with van der Waals surface area (Å²) in [5.41, 5.74) is 3.00. The molecule has 0 amide bonds. The van der Waals surface area contributed by atoms with Crippen LogP contribution in [0, 0.1) is 0 Å². The molecular weight excluding hydrogens is 316 g/mol. The number of benzene rings is 2. The molecule has 25 heavy (non-hydrogen) atoms. The van der Waals surface area contributed by atoms with Crippen LogP contribution in [-0.4, -0.2) is 26.2 Å². The Labute approximate surface area is 144 Å². The maximum Gasteiger partial charge on any atom is 0.335 e. The van der Waals surface area contributed by atoms with Crippen LogP contribution in [0.4, 0.5) is 0 Å². The quantitative estimate of drug-likeness (QED) is 0.585. The van der Waals surface area contributed by atoms with Crippen molar-refractivity contribution in [2.45, 2.75) is 6.61 Å². The SMILES string of the molecule is O=C(O)c1ccc2ncccc2c1.OCc1ccc2ncccc2c1. The first kappa shape index (κ1) is 16.5. The molecule has 0 aliphatic rings. The Kier molecular flexibility index (Phi) is 4.97. The van der Waals surface area contributed by atoms with Crippen molar-refractivity contribution in [2.24, 2.45) is 0 Å². The van der Waals surface area contributed by atoms with Crippen LogP contribution in [0.3, 0.4) is 0 Å². The van der Waals surface area contributed by atoms with E-state index in [4.69, 9.17) is 10.2 Å². The monoisotopic (exact) mass is 332 g/mol. The number of hydrogen-bond donors (Lipinski definition) is 2. The zero-order valence-electron chi connectivity index (χ0n) is 13.3. The number of rotatable bonds is 2. The molecule has 2 aromatic carbocycles. The summed E-state index contributed by atoms with van der Waals surface area (Å²) in [5, 5.41) is 19.5. The summed E-state index contributed by atoms with van der Waals surface area (Å²) < 4.78 is 0. The number of carbonyl (C=O) groups is 1. The summed E-state index contributed by atoms with van der Waals surface area (Å²) >= 11 is 0. The highest BCUT2D eigenvalue weighted by atomic mass is 16.4. The molecular formula is C20H16N2O3. The van der Waals surface area contributed by atoms with Gasteiger partial charge in [0.15, 0.2) is 0 Å². The van der Waals surface area contributed by atoms with Gasteiger partial charge in [-0.05, 0) is 48.0 Å². The van der Waals surface area contributed by atoms with Crippen molar-refractivity contribution in [3.05, 3.63) is 84.2 Å². The third-order valence-electron chi connectivity index (χ3n) is 3.70. The molecule has 2 heterocycles. The van der Waals surface area contributed by atoms with E-state index < -0.39 is 5.97 Å². The van der Waals surface area contributed by atoms with Crippen LogP contribution in [0.2, 0.25) is 0 Å². The van der Waals surface area contributed by atoms with Crippen LogP contribution in [-0.2, 0) is 6.61 Å². The number of aliphatic hydroxyl groups excluding tert-OH is 1. The zero-order valence-corrected chi connectivity index (χ0v) is 13.3. The molecule has 0 aliphatic carbocycles. The maximum atomic E-state index is 10.6. The Morgan fingerprint density at radius 3 is 2.04 bits per heavy atom. The third kappa shape index (κ3) is 3.97. The topological polar surface area (TPSA) is 83.3 Å². The highest BCUT2D eigenvalue weighted by molar-refractivity contribution is 5.93. The number of aliphatic hydroxyl groups is 1. The second-order valence-corrected chi connectivity index (χ2v) is 5.40. The molecule has 5 heteroatoms.